The number of carbonyl (C=O) groups excluding carboxylic acids is 1. The summed E-state index contributed by atoms with van der Waals surface area (Å²) in [6, 6.07) is 20.5. The molecule has 0 N–H and O–H groups in total. The molecule has 188 valence electrons. The molecule has 3 aromatic rings. The Labute approximate surface area is 215 Å². The van der Waals surface area contributed by atoms with Gasteiger partial charge in [-0.3, -0.25) is 14.0 Å². The summed E-state index contributed by atoms with van der Waals surface area (Å²) in [5, 5.41) is 0.394. The van der Waals surface area contributed by atoms with Crippen LogP contribution in [0.25, 0.3) is 0 Å². The summed E-state index contributed by atoms with van der Waals surface area (Å²) in [6.45, 7) is 3.06. The van der Waals surface area contributed by atoms with Crippen molar-refractivity contribution in [3.05, 3.63) is 83.4 Å². The number of anilines is 1. The van der Waals surface area contributed by atoms with Crippen molar-refractivity contribution in [2.75, 3.05) is 43.8 Å². The maximum Gasteiger partial charge on any atom is 0.264 e. The Hall–Kier alpha value is -3.27. The minimum atomic E-state index is -3.97. The van der Waals surface area contributed by atoms with E-state index in [0.717, 1.165) is 27.9 Å². The van der Waals surface area contributed by atoms with Gasteiger partial charge in [-0.2, -0.15) is 0 Å². The summed E-state index contributed by atoms with van der Waals surface area (Å²) >= 11 is 6.15. The Bertz CT molecular complexity index is 1340. The van der Waals surface area contributed by atoms with Crippen LogP contribution < -0.4 is 13.8 Å². The maximum absolute atomic E-state index is 13.5. The fourth-order valence-electron chi connectivity index (χ4n) is 4.34. The first-order valence-electron chi connectivity index (χ1n) is 11.6. The first-order valence-corrected chi connectivity index (χ1v) is 13.4. The van der Waals surface area contributed by atoms with Crippen LogP contribution in [0.2, 0.25) is 5.02 Å². The van der Waals surface area contributed by atoms with Crippen LogP contribution in [0.4, 0.5) is 5.69 Å². The maximum atomic E-state index is 13.5. The van der Waals surface area contributed by atoms with Gasteiger partial charge in [0, 0.05) is 37.7 Å². The van der Waals surface area contributed by atoms with Crippen molar-refractivity contribution in [2.45, 2.75) is 11.4 Å². The van der Waals surface area contributed by atoms with E-state index in [9.17, 15) is 13.2 Å². The van der Waals surface area contributed by atoms with Crippen molar-refractivity contribution in [2.24, 2.45) is 0 Å². The fraction of sp³-hybridized carbons (Fsp3) is 0.269. The molecule has 0 aromatic heterocycles. The smallest absolute Gasteiger partial charge is 0.264 e. The molecule has 3 aromatic carbocycles. The van der Waals surface area contributed by atoms with Gasteiger partial charge in [0.15, 0.2) is 11.5 Å². The molecule has 10 heteroatoms. The van der Waals surface area contributed by atoms with Gasteiger partial charge in [-0.25, -0.2) is 8.42 Å². The molecular weight excluding hydrogens is 502 g/mol. The van der Waals surface area contributed by atoms with Crippen LogP contribution in [0.15, 0.2) is 77.7 Å². The lowest BCUT2D eigenvalue weighted by molar-refractivity contribution is -0.131. The summed E-state index contributed by atoms with van der Waals surface area (Å²) in [6.07, 6.45) is 0. The number of sulfonamides is 1. The van der Waals surface area contributed by atoms with Gasteiger partial charge in [0.05, 0.1) is 10.6 Å². The quantitative estimate of drug-likeness (QED) is 0.467. The zero-order chi connectivity index (χ0) is 25.1. The summed E-state index contributed by atoms with van der Waals surface area (Å²) in [5.41, 5.74) is 1.46. The third-order valence-corrected chi connectivity index (χ3v) is 8.30. The predicted octanol–water partition coefficient (Wildman–Crippen LogP) is 3.61. The molecule has 0 radical (unpaired) electrons. The lowest BCUT2D eigenvalue weighted by Gasteiger charge is -2.36. The van der Waals surface area contributed by atoms with Crippen LogP contribution in [0.5, 0.6) is 11.5 Å². The summed E-state index contributed by atoms with van der Waals surface area (Å²) in [7, 11) is -3.97. The highest BCUT2D eigenvalue weighted by molar-refractivity contribution is 7.92. The third-order valence-electron chi connectivity index (χ3n) is 6.27. The van der Waals surface area contributed by atoms with E-state index in [0.29, 0.717) is 36.9 Å². The highest BCUT2D eigenvalue weighted by Gasteiger charge is 2.30. The molecule has 2 heterocycles. The lowest BCUT2D eigenvalue weighted by atomic mass is 10.1. The van der Waals surface area contributed by atoms with Crippen LogP contribution >= 0.6 is 11.6 Å². The number of ether oxygens (including phenoxy) is 2. The van der Waals surface area contributed by atoms with Crippen LogP contribution in [0.3, 0.4) is 0 Å². The van der Waals surface area contributed by atoms with E-state index in [2.05, 4.69) is 4.90 Å². The second-order valence-corrected chi connectivity index (χ2v) is 10.9. The van der Waals surface area contributed by atoms with Crippen molar-refractivity contribution in [1.29, 1.82) is 0 Å². The number of halogens is 1. The zero-order valence-electron chi connectivity index (χ0n) is 19.5. The molecule has 2 aliphatic heterocycles. The Morgan fingerprint density at radius 1 is 0.889 bits per heavy atom. The van der Waals surface area contributed by atoms with Crippen LogP contribution in [-0.2, 0) is 21.4 Å². The van der Waals surface area contributed by atoms with Gasteiger partial charge in [-0.15, -0.1) is 0 Å². The number of nitrogens with zero attached hydrogens (tertiary/aromatic N) is 3. The Balaban J connectivity index is 1.26. The molecule has 2 aliphatic rings. The summed E-state index contributed by atoms with van der Waals surface area (Å²) in [4.78, 5) is 17.4. The Morgan fingerprint density at radius 2 is 1.64 bits per heavy atom. The Morgan fingerprint density at radius 3 is 2.39 bits per heavy atom. The van der Waals surface area contributed by atoms with E-state index in [1.807, 2.05) is 18.2 Å². The SMILES string of the molecule is O=C(CN(c1cccc(Cl)c1)S(=O)(=O)c1ccccc1)N1CCN(Cc2ccc3c(c2)OCO3)CC1. The molecule has 0 unspecified atom stereocenters. The van der Waals surface area contributed by atoms with E-state index in [4.69, 9.17) is 21.1 Å². The number of hydrogen-bond donors (Lipinski definition) is 0. The first-order chi connectivity index (χ1) is 17.4. The Kier molecular flexibility index (Phi) is 7.04. The molecule has 1 amide bonds. The van der Waals surface area contributed by atoms with Gasteiger partial charge in [0.1, 0.15) is 6.54 Å². The zero-order valence-corrected chi connectivity index (χ0v) is 21.1. The normalized spacial score (nSPS) is 15.6. The highest BCUT2D eigenvalue weighted by atomic mass is 35.5. The van der Waals surface area contributed by atoms with E-state index in [-0.39, 0.29) is 24.1 Å². The number of carbonyl (C=O) groups is 1. The molecule has 0 aliphatic carbocycles. The van der Waals surface area contributed by atoms with Gasteiger partial charge >= 0.3 is 0 Å². The molecule has 0 saturated carbocycles. The molecule has 8 nitrogen and oxygen atoms in total. The average Bonchev–Trinajstić information content (AvgIpc) is 3.36. The second kappa shape index (κ2) is 10.4. The van der Waals surface area contributed by atoms with Gasteiger partial charge in [0.25, 0.3) is 10.0 Å². The molecule has 1 saturated heterocycles. The largest absolute Gasteiger partial charge is 0.454 e. The van der Waals surface area contributed by atoms with Crippen molar-refractivity contribution in [1.82, 2.24) is 9.80 Å². The number of piperazine rings is 1. The topological polar surface area (TPSA) is 79.4 Å². The monoisotopic (exact) mass is 527 g/mol. The highest BCUT2D eigenvalue weighted by Crippen LogP contribution is 2.33. The first kappa shape index (κ1) is 24.4. The van der Waals surface area contributed by atoms with Crippen molar-refractivity contribution in [3.8, 4) is 11.5 Å². The number of fused-ring (bicyclic) bond motifs is 1. The van der Waals surface area contributed by atoms with Crippen molar-refractivity contribution < 1.29 is 22.7 Å². The van der Waals surface area contributed by atoms with Gasteiger partial charge in [0.2, 0.25) is 12.7 Å². The second-order valence-electron chi connectivity index (χ2n) is 8.65. The molecule has 0 spiro atoms. The summed E-state index contributed by atoms with van der Waals surface area (Å²) in [5.74, 6) is 1.25. The standard InChI is InChI=1S/C26H26ClN3O5S/c27-21-5-4-6-22(16-21)30(36(32,33)23-7-2-1-3-8-23)18-26(31)29-13-11-28(12-14-29)17-20-9-10-24-25(15-20)35-19-34-24/h1-10,15-16H,11-14,17-19H2. The average molecular weight is 528 g/mol. The molecule has 36 heavy (non-hydrogen) atoms. The van der Waals surface area contributed by atoms with E-state index >= 15 is 0 Å². The molecule has 0 atom stereocenters. The van der Waals surface area contributed by atoms with Crippen LogP contribution in [0, 0.1) is 0 Å². The lowest BCUT2D eigenvalue weighted by Crippen LogP contribution is -2.51. The fourth-order valence-corrected chi connectivity index (χ4v) is 5.95. The van der Waals surface area contributed by atoms with Gasteiger partial charge < -0.3 is 14.4 Å². The molecule has 0 bridgehead atoms. The number of amides is 1. The molecule has 1 fully saturated rings. The van der Waals surface area contributed by atoms with Crippen molar-refractivity contribution >= 4 is 33.2 Å². The van der Waals surface area contributed by atoms with E-state index in [1.165, 1.54) is 12.1 Å². The van der Waals surface area contributed by atoms with Crippen LogP contribution in [-0.4, -0.2) is 63.6 Å². The number of rotatable bonds is 7. The predicted molar refractivity (Wildman–Crippen MR) is 137 cm³/mol. The van der Waals surface area contributed by atoms with Crippen molar-refractivity contribution in [3.63, 3.8) is 0 Å². The number of hydrogen-bond acceptors (Lipinski definition) is 6. The van der Waals surface area contributed by atoms with E-state index in [1.54, 1.807) is 47.4 Å². The number of benzene rings is 3. The minimum Gasteiger partial charge on any atom is -0.454 e. The third kappa shape index (κ3) is 5.28. The minimum absolute atomic E-state index is 0.117. The van der Waals surface area contributed by atoms with Gasteiger partial charge in [-0.05, 0) is 48.0 Å². The van der Waals surface area contributed by atoms with Crippen LogP contribution in [0.1, 0.15) is 5.56 Å². The molecule has 5 rings (SSSR count). The summed E-state index contributed by atoms with van der Waals surface area (Å²) < 4.78 is 38.9. The van der Waals surface area contributed by atoms with Gasteiger partial charge in [-0.1, -0.05) is 41.9 Å². The van der Waals surface area contributed by atoms with E-state index < -0.39 is 10.0 Å². The molecular formula is C26H26ClN3O5S.